The quantitative estimate of drug-likeness (QED) is 0.393. The van der Waals surface area contributed by atoms with Crippen molar-refractivity contribution in [1.29, 1.82) is 0 Å². The van der Waals surface area contributed by atoms with Crippen LogP contribution in [0.15, 0.2) is 60.7 Å². The van der Waals surface area contributed by atoms with Crippen LogP contribution in [0.1, 0.15) is 43.1 Å². The highest BCUT2D eigenvalue weighted by atomic mass is 35.5. The number of hydrogen-bond acceptors (Lipinski definition) is 5. The average molecular weight is 492 g/mol. The zero-order valence-corrected chi connectivity index (χ0v) is 20.8. The number of aromatic hydroxyl groups is 2. The Bertz CT molecular complexity index is 1250. The molecule has 0 aliphatic carbocycles. The summed E-state index contributed by atoms with van der Waals surface area (Å²) in [4.78, 5) is 2.42. The molecule has 2 heterocycles. The number of nitrogens with zero attached hydrogens (tertiary/aromatic N) is 1. The van der Waals surface area contributed by atoms with Crippen LogP contribution in [-0.4, -0.2) is 41.4 Å². The Morgan fingerprint density at radius 1 is 1.06 bits per heavy atom. The van der Waals surface area contributed by atoms with Crippen molar-refractivity contribution in [1.82, 2.24) is 4.90 Å². The molecule has 3 aromatic carbocycles. The van der Waals surface area contributed by atoms with Crippen molar-refractivity contribution in [3.05, 3.63) is 82.4 Å². The second-order valence-corrected chi connectivity index (χ2v) is 9.69. The molecule has 0 radical (unpaired) electrons. The molecular weight excluding hydrogens is 462 g/mol. The van der Waals surface area contributed by atoms with Crippen molar-refractivity contribution in [2.75, 3.05) is 26.2 Å². The molecule has 0 saturated carbocycles. The van der Waals surface area contributed by atoms with Gasteiger partial charge in [0.15, 0.2) is 0 Å². The number of hydrogen-bond donors (Lipinski definition) is 2. The molecule has 5 nitrogen and oxygen atoms in total. The van der Waals surface area contributed by atoms with E-state index in [0.29, 0.717) is 17.9 Å². The number of phenolic OH excluding ortho intramolecular Hbond substituents is 2. The lowest BCUT2D eigenvalue weighted by Gasteiger charge is -2.38. The van der Waals surface area contributed by atoms with Crippen LogP contribution in [0, 0.1) is 5.92 Å². The fourth-order valence-electron chi connectivity index (χ4n) is 4.94. The fraction of sp³-hybridized carbons (Fsp3) is 0.310. The van der Waals surface area contributed by atoms with Gasteiger partial charge in [-0.3, -0.25) is 4.90 Å². The standard InChI is InChI=1S/C29H30ClNO4/c1-3-19-16-31(17-19)13-14-34-23-9-7-20(8-10-23)29-26(21-5-4-6-22(32)15-21)18(2)27-25(35-29)12-11-24(33)28(27)30/h4-12,15,19,29,32-33H,3,13-14,16-17H2,1-2H3/t29-/m1/s1. The predicted octanol–water partition coefficient (Wildman–Crippen LogP) is 6.54. The monoisotopic (exact) mass is 491 g/mol. The van der Waals surface area contributed by atoms with E-state index < -0.39 is 6.10 Å². The van der Waals surface area contributed by atoms with Gasteiger partial charge in [-0.15, -0.1) is 0 Å². The van der Waals surface area contributed by atoms with Gasteiger partial charge in [0.1, 0.15) is 35.7 Å². The summed E-state index contributed by atoms with van der Waals surface area (Å²) in [5, 5.41) is 20.6. The van der Waals surface area contributed by atoms with Crippen molar-refractivity contribution in [3.8, 4) is 23.0 Å². The zero-order valence-electron chi connectivity index (χ0n) is 20.0. The fourth-order valence-corrected chi connectivity index (χ4v) is 5.24. The lowest BCUT2D eigenvalue weighted by molar-refractivity contribution is 0.0806. The van der Waals surface area contributed by atoms with Crippen LogP contribution < -0.4 is 9.47 Å². The first-order valence-corrected chi connectivity index (χ1v) is 12.5. The summed E-state index contributed by atoms with van der Waals surface area (Å²) >= 11 is 6.47. The Balaban J connectivity index is 1.41. The minimum absolute atomic E-state index is 0.00650. The van der Waals surface area contributed by atoms with Crippen LogP contribution >= 0.6 is 11.6 Å². The first-order chi connectivity index (χ1) is 16.9. The van der Waals surface area contributed by atoms with E-state index >= 15 is 0 Å². The number of halogens is 1. The first kappa shape index (κ1) is 23.6. The normalized spacial score (nSPS) is 18.1. The number of likely N-dealkylation sites (tertiary alicyclic amines) is 1. The van der Waals surface area contributed by atoms with Crippen LogP contribution in [-0.2, 0) is 0 Å². The van der Waals surface area contributed by atoms with Gasteiger partial charge in [0.25, 0.3) is 0 Å². The number of fused-ring (bicyclic) bond motifs is 1. The SMILES string of the molecule is CCC1CN(CCOc2ccc([C@H]3Oc4ccc(O)c(Cl)c4C(C)=C3c3cccc(O)c3)cc2)C1. The molecule has 0 unspecified atom stereocenters. The zero-order chi connectivity index (χ0) is 24.5. The van der Waals surface area contributed by atoms with Gasteiger partial charge in [0.05, 0.1) is 5.02 Å². The van der Waals surface area contributed by atoms with E-state index in [9.17, 15) is 10.2 Å². The first-order valence-electron chi connectivity index (χ1n) is 12.1. The molecule has 35 heavy (non-hydrogen) atoms. The Morgan fingerprint density at radius 2 is 1.83 bits per heavy atom. The van der Waals surface area contributed by atoms with Crippen LogP contribution in [0.5, 0.6) is 23.0 Å². The summed E-state index contributed by atoms with van der Waals surface area (Å²) < 4.78 is 12.4. The van der Waals surface area contributed by atoms with E-state index in [2.05, 4.69) is 11.8 Å². The Labute approximate surface area is 211 Å². The highest BCUT2D eigenvalue weighted by molar-refractivity contribution is 6.34. The van der Waals surface area contributed by atoms with Gasteiger partial charge < -0.3 is 19.7 Å². The van der Waals surface area contributed by atoms with Crippen LogP contribution in [0.2, 0.25) is 5.02 Å². The van der Waals surface area contributed by atoms with Gasteiger partial charge >= 0.3 is 0 Å². The molecule has 2 aliphatic rings. The van der Waals surface area contributed by atoms with Gasteiger partial charge in [-0.05, 0) is 65.9 Å². The van der Waals surface area contributed by atoms with Crippen LogP contribution in [0.4, 0.5) is 0 Å². The molecule has 5 rings (SSSR count). The van der Waals surface area contributed by atoms with Crippen molar-refractivity contribution < 1.29 is 19.7 Å². The Hall–Kier alpha value is -3.15. The van der Waals surface area contributed by atoms with E-state index in [1.807, 2.05) is 37.3 Å². The molecular formula is C29H30ClNO4. The number of phenols is 2. The minimum Gasteiger partial charge on any atom is -0.508 e. The molecule has 1 atom stereocenters. The van der Waals surface area contributed by atoms with E-state index in [4.69, 9.17) is 21.1 Å². The van der Waals surface area contributed by atoms with E-state index in [-0.39, 0.29) is 16.5 Å². The van der Waals surface area contributed by atoms with Gasteiger partial charge in [-0.25, -0.2) is 0 Å². The predicted molar refractivity (Wildman–Crippen MR) is 139 cm³/mol. The Kier molecular flexibility index (Phi) is 6.63. The maximum atomic E-state index is 10.2. The largest absolute Gasteiger partial charge is 0.508 e. The molecule has 0 aromatic heterocycles. The second kappa shape index (κ2) is 9.84. The van der Waals surface area contributed by atoms with E-state index in [1.54, 1.807) is 30.3 Å². The lowest BCUT2D eigenvalue weighted by Crippen LogP contribution is -2.47. The molecule has 0 amide bonds. The summed E-state index contributed by atoms with van der Waals surface area (Å²) in [7, 11) is 0. The molecule has 6 heteroatoms. The van der Waals surface area contributed by atoms with Crippen molar-refractivity contribution in [2.24, 2.45) is 5.92 Å². The molecule has 3 aromatic rings. The van der Waals surface area contributed by atoms with Crippen LogP contribution in [0.25, 0.3) is 11.1 Å². The van der Waals surface area contributed by atoms with E-state index in [0.717, 1.165) is 40.5 Å². The third kappa shape index (κ3) is 4.71. The minimum atomic E-state index is -0.411. The molecule has 0 spiro atoms. The van der Waals surface area contributed by atoms with Gasteiger partial charge in [0, 0.05) is 30.8 Å². The molecule has 2 aliphatic heterocycles. The van der Waals surface area contributed by atoms with Gasteiger partial charge in [-0.2, -0.15) is 0 Å². The molecule has 1 saturated heterocycles. The maximum Gasteiger partial charge on any atom is 0.150 e. The highest BCUT2D eigenvalue weighted by Gasteiger charge is 2.31. The molecule has 2 N–H and O–H groups in total. The third-order valence-corrected chi connectivity index (χ3v) is 7.38. The summed E-state index contributed by atoms with van der Waals surface area (Å²) in [5.41, 5.74) is 4.23. The van der Waals surface area contributed by atoms with Gasteiger partial charge in [-0.1, -0.05) is 49.2 Å². The number of rotatable bonds is 7. The number of benzene rings is 3. The van der Waals surface area contributed by atoms with Crippen molar-refractivity contribution >= 4 is 22.7 Å². The molecule has 182 valence electrons. The average Bonchev–Trinajstić information content (AvgIpc) is 2.83. The molecule has 0 bridgehead atoms. The summed E-state index contributed by atoms with van der Waals surface area (Å²) in [6, 6.07) is 18.3. The van der Waals surface area contributed by atoms with Crippen LogP contribution in [0.3, 0.4) is 0 Å². The topological polar surface area (TPSA) is 62.2 Å². The maximum absolute atomic E-state index is 10.2. The van der Waals surface area contributed by atoms with E-state index in [1.165, 1.54) is 19.5 Å². The summed E-state index contributed by atoms with van der Waals surface area (Å²) in [6.45, 7) is 8.16. The number of ether oxygens (including phenoxy) is 2. The summed E-state index contributed by atoms with van der Waals surface area (Å²) in [6.07, 6.45) is 0.837. The summed E-state index contributed by atoms with van der Waals surface area (Å²) in [5.74, 6) is 2.45. The van der Waals surface area contributed by atoms with Crippen molar-refractivity contribution in [3.63, 3.8) is 0 Å². The highest BCUT2D eigenvalue weighted by Crippen LogP contribution is 2.50. The number of allylic oxidation sites excluding steroid dienone is 1. The lowest BCUT2D eigenvalue weighted by atomic mass is 9.86. The Morgan fingerprint density at radius 3 is 2.54 bits per heavy atom. The van der Waals surface area contributed by atoms with Gasteiger partial charge in [0.2, 0.25) is 0 Å². The van der Waals surface area contributed by atoms with Crippen molar-refractivity contribution in [2.45, 2.75) is 26.4 Å². The third-order valence-electron chi connectivity index (χ3n) is 7.00. The smallest absolute Gasteiger partial charge is 0.150 e. The second-order valence-electron chi connectivity index (χ2n) is 9.31. The molecule has 1 fully saturated rings.